The van der Waals surface area contributed by atoms with Crippen LogP contribution in [-0.2, 0) is 11.2 Å². The molecule has 0 aliphatic carbocycles. The number of aromatic nitrogens is 4. The van der Waals surface area contributed by atoms with Crippen molar-refractivity contribution in [1.82, 2.24) is 20.2 Å². The number of anilines is 1. The lowest BCUT2D eigenvalue weighted by atomic mass is 10.1. The molecule has 0 unspecified atom stereocenters. The highest BCUT2D eigenvalue weighted by Crippen LogP contribution is 2.32. The molecule has 7 heteroatoms. The molecule has 0 atom stereocenters. The fourth-order valence-corrected chi connectivity index (χ4v) is 3.58. The summed E-state index contributed by atoms with van der Waals surface area (Å²) in [5.74, 6) is 1.10. The van der Waals surface area contributed by atoms with Crippen LogP contribution < -0.4 is 5.32 Å². The Morgan fingerprint density at radius 1 is 1.03 bits per heavy atom. The van der Waals surface area contributed by atoms with E-state index in [-0.39, 0.29) is 12.3 Å². The third-order valence-electron chi connectivity index (χ3n) is 5.20. The van der Waals surface area contributed by atoms with Crippen LogP contribution in [0.3, 0.4) is 0 Å². The average Bonchev–Trinajstić information content (AvgIpc) is 3.43. The van der Waals surface area contributed by atoms with Crippen molar-refractivity contribution in [3.05, 3.63) is 84.5 Å². The Morgan fingerprint density at radius 2 is 1.75 bits per heavy atom. The number of aromatic amines is 1. The molecule has 3 aromatic heterocycles. The Labute approximate surface area is 184 Å². The molecule has 0 fully saturated rings. The van der Waals surface area contributed by atoms with Crippen LogP contribution in [0.2, 0.25) is 0 Å². The van der Waals surface area contributed by atoms with Crippen LogP contribution in [0.1, 0.15) is 18.0 Å². The van der Waals surface area contributed by atoms with E-state index in [0.29, 0.717) is 29.4 Å². The molecule has 0 bridgehead atoms. The van der Waals surface area contributed by atoms with Crippen molar-refractivity contribution in [3.63, 3.8) is 0 Å². The van der Waals surface area contributed by atoms with Gasteiger partial charge in [-0.2, -0.15) is 5.10 Å². The van der Waals surface area contributed by atoms with Crippen molar-refractivity contribution in [1.29, 1.82) is 0 Å². The zero-order valence-electron chi connectivity index (χ0n) is 17.5. The van der Waals surface area contributed by atoms with Gasteiger partial charge in [-0.3, -0.25) is 9.89 Å². The third-order valence-corrected chi connectivity index (χ3v) is 5.20. The Balaban J connectivity index is 1.34. The maximum Gasteiger partial charge on any atom is 0.224 e. The normalized spacial score (nSPS) is 11.0. The van der Waals surface area contributed by atoms with E-state index in [9.17, 15) is 4.79 Å². The number of pyridine rings is 1. The van der Waals surface area contributed by atoms with Gasteiger partial charge in [0.05, 0.1) is 11.9 Å². The van der Waals surface area contributed by atoms with E-state index >= 15 is 0 Å². The van der Waals surface area contributed by atoms with Crippen molar-refractivity contribution in [2.75, 3.05) is 5.32 Å². The summed E-state index contributed by atoms with van der Waals surface area (Å²) >= 11 is 0. The van der Waals surface area contributed by atoms with Crippen molar-refractivity contribution in [2.45, 2.75) is 19.8 Å². The van der Waals surface area contributed by atoms with Crippen LogP contribution in [0, 0.1) is 6.92 Å². The summed E-state index contributed by atoms with van der Waals surface area (Å²) in [6.07, 6.45) is 2.23. The number of H-pyrrole nitrogens is 1. The fraction of sp³-hybridized carbons (Fsp3) is 0.120. The second kappa shape index (κ2) is 8.47. The molecule has 0 saturated heterocycles. The minimum absolute atomic E-state index is 0.131. The van der Waals surface area contributed by atoms with Gasteiger partial charge >= 0.3 is 0 Å². The van der Waals surface area contributed by atoms with Gasteiger partial charge in [0.15, 0.2) is 17.3 Å². The van der Waals surface area contributed by atoms with E-state index < -0.39 is 0 Å². The van der Waals surface area contributed by atoms with Crippen molar-refractivity contribution < 1.29 is 9.21 Å². The molecule has 0 spiro atoms. The molecule has 0 radical (unpaired) electrons. The molecule has 7 nitrogen and oxygen atoms in total. The van der Waals surface area contributed by atoms with Crippen molar-refractivity contribution in [2.24, 2.45) is 0 Å². The Kier molecular flexibility index (Phi) is 5.21. The average molecular weight is 423 g/mol. The minimum Gasteiger partial charge on any atom is -0.440 e. The summed E-state index contributed by atoms with van der Waals surface area (Å²) < 4.78 is 6.10. The summed E-state index contributed by atoms with van der Waals surface area (Å²) in [4.78, 5) is 21.5. The first-order valence-corrected chi connectivity index (χ1v) is 10.4. The smallest absolute Gasteiger partial charge is 0.224 e. The molecule has 2 aromatic carbocycles. The zero-order chi connectivity index (χ0) is 21.9. The van der Waals surface area contributed by atoms with E-state index in [1.54, 1.807) is 6.20 Å². The van der Waals surface area contributed by atoms with E-state index in [4.69, 9.17) is 9.40 Å². The molecular formula is C25H21N5O2. The Morgan fingerprint density at radius 3 is 2.50 bits per heavy atom. The standard InChI is InChI=1S/C25H21N5O2/c1-16-20-14-19(15-26-25(20)30-29-16)27-21(31)12-13-22-28-23(17-8-4-2-5-9-17)24(32-22)18-10-6-3-7-11-18/h2-11,14-15H,12-13H2,1H3,(H,27,31)(H,26,29,30). The SMILES string of the molecule is Cc1[nH]nc2ncc(NC(=O)CCc3nc(-c4ccccc4)c(-c4ccccc4)o3)cc12. The molecule has 158 valence electrons. The number of fused-ring (bicyclic) bond motifs is 1. The van der Waals surface area contributed by atoms with Gasteiger partial charge in [-0.1, -0.05) is 60.7 Å². The molecule has 3 heterocycles. The van der Waals surface area contributed by atoms with Gasteiger partial charge in [-0.05, 0) is 13.0 Å². The molecule has 0 aliphatic rings. The van der Waals surface area contributed by atoms with Crippen LogP contribution in [0.15, 0.2) is 77.3 Å². The largest absolute Gasteiger partial charge is 0.440 e. The van der Waals surface area contributed by atoms with Crippen LogP contribution >= 0.6 is 0 Å². The van der Waals surface area contributed by atoms with Gasteiger partial charge in [0.2, 0.25) is 5.91 Å². The number of aryl methyl sites for hydroxylation is 2. The molecule has 1 amide bonds. The molecule has 5 aromatic rings. The third kappa shape index (κ3) is 4.00. The lowest BCUT2D eigenvalue weighted by Gasteiger charge is -2.04. The topological polar surface area (TPSA) is 96.7 Å². The summed E-state index contributed by atoms with van der Waals surface area (Å²) in [6.45, 7) is 1.92. The van der Waals surface area contributed by atoms with Gasteiger partial charge in [-0.15, -0.1) is 0 Å². The van der Waals surface area contributed by atoms with Crippen LogP contribution in [0.25, 0.3) is 33.6 Å². The molecule has 2 N–H and O–H groups in total. The lowest BCUT2D eigenvalue weighted by Crippen LogP contribution is -2.12. The van der Waals surface area contributed by atoms with Crippen molar-refractivity contribution in [3.8, 4) is 22.6 Å². The Bertz CT molecular complexity index is 1320. The number of carbonyl (C=O) groups is 1. The quantitative estimate of drug-likeness (QED) is 0.393. The van der Waals surface area contributed by atoms with E-state index in [1.807, 2.05) is 73.7 Å². The molecule has 5 rings (SSSR count). The summed E-state index contributed by atoms with van der Waals surface area (Å²) in [5.41, 5.74) is 4.86. The summed E-state index contributed by atoms with van der Waals surface area (Å²) in [5, 5.41) is 10.8. The number of amides is 1. The van der Waals surface area contributed by atoms with Crippen LogP contribution in [-0.4, -0.2) is 26.1 Å². The van der Waals surface area contributed by atoms with Gasteiger partial charge in [0.1, 0.15) is 5.69 Å². The van der Waals surface area contributed by atoms with E-state index in [1.165, 1.54) is 0 Å². The number of nitrogens with zero attached hydrogens (tertiary/aromatic N) is 3. The molecule has 32 heavy (non-hydrogen) atoms. The monoisotopic (exact) mass is 423 g/mol. The number of nitrogens with one attached hydrogen (secondary N) is 2. The first-order chi connectivity index (χ1) is 15.7. The predicted molar refractivity (Wildman–Crippen MR) is 123 cm³/mol. The highest BCUT2D eigenvalue weighted by Gasteiger charge is 2.17. The maximum atomic E-state index is 12.5. The fourth-order valence-electron chi connectivity index (χ4n) is 3.58. The van der Waals surface area contributed by atoms with Gasteiger partial charge < -0.3 is 9.73 Å². The Hall–Kier alpha value is -4.26. The van der Waals surface area contributed by atoms with Gasteiger partial charge in [0, 0.05) is 35.0 Å². The second-order valence-corrected chi connectivity index (χ2v) is 7.51. The van der Waals surface area contributed by atoms with Crippen LogP contribution in [0.4, 0.5) is 5.69 Å². The van der Waals surface area contributed by atoms with Gasteiger partial charge in [0.25, 0.3) is 0 Å². The van der Waals surface area contributed by atoms with Gasteiger partial charge in [-0.25, -0.2) is 9.97 Å². The highest BCUT2D eigenvalue weighted by atomic mass is 16.4. The number of carbonyl (C=O) groups excluding carboxylic acids is 1. The minimum atomic E-state index is -0.131. The first-order valence-electron chi connectivity index (χ1n) is 10.4. The number of hydrogen-bond acceptors (Lipinski definition) is 5. The number of rotatable bonds is 6. The highest BCUT2D eigenvalue weighted by molar-refractivity contribution is 5.93. The predicted octanol–water partition coefficient (Wildman–Crippen LogP) is 5.16. The van der Waals surface area contributed by atoms with E-state index in [0.717, 1.165) is 27.9 Å². The lowest BCUT2D eigenvalue weighted by molar-refractivity contribution is -0.116. The van der Waals surface area contributed by atoms with E-state index in [2.05, 4.69) is 20.5 Å². The number of hydrogen-bond donors (Lipinski definition) is 2. The molecule has 0 aliphatic heterocycles. The van der Waals surface area contributed by atoms with Crippen LogP contribution in [0.5, 0.6) is 0 Å². The summed E-state index contributed by atoms with van der Waals surface area (Å²) in [6, 6.07) is 21.7. The zero-order valence-corrected chi connectivity index (χ0v) is 17.5. The number of oxazole rings is 1. The second-order valence-electron chi connectivity index (χ2n) is 7.51. The maximum absolute atomic E-state index is 12.5. The van der Waals surface area contributed by atoms with Crippen molar-refractivity contribution >= 4 is 22.6 Å². The summed E-state index contributed by atoms with van der Waals surface area (Å²) in [7, 11) is 0. The molecule has 0 saturated carbocycles. The first kappa shape index (κ1) is 19.7. The number of benzene rings is 2. The molecular weight excluding hydrogens is 402 g/mol.